The van der Waals surface area contributed by atoms with Crippen LogP contribution in [0.3, 0.4) is 0 Å². The summed E-state index contributed by atoms with van der Waals surface area (Å²) >= 11 is 6.26. The summed E-state index contributed by atoms with van der Waals surface area (Å²) in [5.74, 6) is 1.85. The largest absolute Gasteiger partial charge is 0.361 e. The molecule has 2 aromatic heterocycles. The SMILES string of the molecule is Cl.Cl.NC[C@]1(c2cccc(Cl)c2)CC[C@H](N2Cc3nnc(Cc4c[nH]c5ccccc45)n3CC2=O)CC1. The van der Waals surface area contributed by atoms with Gasteiger partial charge in [-0.2, -0.15) is 0 Å². The maximum atomic E-state index is 13.3. The summed E-state index contributed by atoms with van der Waals surface area (Å²) in [4.78, 5) is 18.6. The number of amides is 1. The van der Waals surface area contributed by atoms with Gasteiger partial charge in [-0.05, 0) is 55.0 Å². The van der Waals surface area contributed by atoms with E-state index >= 15 is 0 Å². The van der Waals surface area contributed by atoms with E-state index in [4.69, 9.17) is 17.3 Å². The summed E-state index contributed by atoms with van der Waals surface area (Å²) in [7, 11) is 0. The number of halogens is 3. The number of aromatic nitrogens is 4. The van der Waals surface area contributed by atoms with Gasteiger partial charge in [-0.1, -0.05) is 41.9 Å². The zero-order valence-corrected chi connectivity index (χ0v) is 22.8. The number of carbonyl (C=O) groups excluding carboxylic acids is 1. The van der Waals surface area contributed by atoms with Crippen molar-refractivity contribution in [2.45, 2.75) is 56.7 Å². The molecular formula is C27H31Cl3N6O. The lowest BCUT2D eigenvalue weighted by Crippen LogP contribution is -2.50. The molecule has 6 rings (SSSR count). The van der Waals surface area contributed by atoms with Crippen LogP contribution in [0.25, 0.3) is 10.9 Å². The number of para-hydroxylation sites is 1. The highest BCUT2D eigenvalue weighted by Crippen LogP contribution is 2.41. The van der Waals surface area contributed by atoms with Gasteiger partial charge in [0.05, 0.1) is 6.54 Å². The van der Waals surface area contributed by atoms with Crippen molar-refractivity contribution in [1.29, 1.82) is 0 Å². The van der Waals surface area contributed by atoms with Gasteiger partial charge < -0.3 is 20.2 Å². The third-order valence-corrected chi connectivity index (χ3v) is 8.27. The highest BCUT2D eigenvalue weighted by atomic mass is 35.5. The van der Waals surface area contributed by atoms with Crippen LogP contribution < -0.4 is 5.73 Å². The van der Waals surface area contributed by atoms with Crippen molar-refractivity contribution in [3.05, 3.63) is 82.5 Å². The zero-order valence-electron chi connectivity index (χ0n) is 20.4. The molecule has 1 saturated carbocycles. The highest BCUT2D eigenvalue weighted by molar-refractivity contribution is 6.30. The van der Waals surface area contributed by atoms with Gasteiger partial charge in [0.25, 0.3) is 0 Å². The first kappa shape index (κ1) is 27.5. The number of nitrogens with one attached hydrogen (secondary N) is 1. The molecule has 3 heterocycles. The molecular weight excluding hydrogens is 531 g/mol. The summed E-state index contributed by atoms with van der Waals surface area (Å²) in [6, 6.07) is 16.5. The van der Waals surface area contributed by atoms with E-state index < -0.39 is 0 Å². The van der Waals surface area contributed by atoms with Gasteiger partial charge in [-0.25, -0.2) is 0 Å². The number of rotatable bonds is 5. The number of fused-ring (bicyclic) bond motifs is 2. The Labute approximate surface area is 233 Å². The van der Waals surface area contributed by atoms with Crippen LogP contribution in [-0.2, 0) is 29.7 Å². The smallest absolute Gasteiger partial charge is 0.243 e. The molecule has 2 aromatic carbocycles. The minimum Gasteiger partial charge on any atom is -0.361 e. The molecule has 1 aliphatic carbocycles. The van der Waals surface area contributed by atoms with Gasteiger partial charge >= 0.3 is 0 Å². The molecule has 0 saturated heterocycles. The number of nitrogens with two attached hydrogens (primary N) is 1. The van der Waals surface area contributed by atoms with Crippen LogP contribution in [0.2, 0.25) is 5.02 Å². The maximum Gasteiger partial charge on any atom is 0.243 e. The molecule has 0 bridgehead atoms. The lowest BCUT2D eigenvalue weighted by Gasteiger charge is -2.44. The van der Waals surface area contributed by atoms with Gasteiger partial charge in [0.2, 0.25) is 5.91 Å². The second-order valence-electron chi connectivity index (χ2n) is 9.90. The molecule has 1 aliphatic heterocycles. The first-order valence-electron chi connectivity index (χ1n) is 12.3. The van der Waals surface area contributed by atoms with Gasteiger partial charge in [0.1, 0.15) is 12.4 Å². The monoisotopic (exact) mass is 560 g/mol. The lowest BCUT2D eigenvalue weighted by molar-refractivity contribution is -0.138. The van der Waals surface area contributed by atoms with E-state index in [-0.39, 0.29) is 42.2 Å². The Kier molecular flexibility index (Phi) is 8.19. The molecule has 37 heavy (non-hydrogen) atoms. The minimum atomic E-state index is -0.0766. The van der Waals surface area contributed by atoms with Gasteiger partial charge in [0, 0.05) is 46.5 Å². The Morgan fingerprint density at radius 3 is 2.59 bits per heavy atom. The number of aromatic amines is 1. The van der Waals surface area contributed by atoms with Gasteiger partial charge in [-0.15, -0.1) is 35.0 Å². The van der Waals surface area contributed by atoms with Crippen LogP contribution in [0.4, 0.5) is 0 Å². The molecule has 0 spiro atoms. The van der Waals surface area contributed by atoms with Crippen LogP contribution >= 0.6 is 36.4 Å². The molecule has 2 aliphatic rings. The molecule has 0 atom stereocenters. The van der Waals surface area contributed by atoms with Crippen molar-refractivity contribution in [3.63, 3.8) is 0 Å². The zero-order chi connectivity index (χ0) is 24.0. The van der Waals surface area contributed by atoms with Crippen molar-refractivity contribution < 1.29 is 4.79 Å². The summed E-state index contributed by atoms with van der Waals surface area (Å²) in [6.07, 6.45) is 6.40. The highest BCUT2D eigenvalue weighted by Gasteiger charge is 2.40. The predicted octanol–water partition coefficient (Wildman–Crippen LogP) is 5.03. The Bertz CT molecular complexity index is 1390. The fourth-order valence-corrected chi connectivity index (χ4v) is 6.14. The molecule has 1 amide bonds. The van der Waals surface area contributed by atoms with Gasteiger partial charge in [0.15, 0.2) is 5.82 Å². The average molecular weight is 562 g/mol. The van der Waals surface area contributed by atoms with E-state index in [1.807, 2.05) is 46.0 Å². The second-order valence-corrected chi connectivity index (χ2v) is 10.3. The lowest BCUT2D eigenvalue weighted by atomic mass is 9.68. The maximum absolute atomic E-state index is 13.3. The van der Waals surface area contributed by atoms with E-state index in [2.05, 4.69) is 33.4 Å². The number of H-pyrrole nitrogens is 1. The van der Waals surface area contributed by atoms with Crippen molar-refractivity contribution in [1.82, 2.24) is 24.6 Å². The van der Waals surface area contributed by atoms with E-state index in [0.29, 0.717) is 26.1 Å². The molecule has 0 unspecified atom stereocenters. The molecule has 196 valence electrons. The van der Waals surface area contributed by atoms with Crippen LogP contribution in [0.1, 0.15) is 48.5 Å². The molecule has 1 fully saturated rings. The van der Waals surface area contributed by atoms with Crippen LogP contribution in [0.15, 0.2) is 54.7 Å². The Morgan fingerprint density at radius 1 is 1.05 bits per heavy atom. The second kappa shape index (κ2) is 11.0. The molecule has 7 nitrogen and oxygen atoms in total. The number of nitrogens with zero attached hydrogens (tertiary/aromatic N) is 4. The quantitative estimate of drug-likeness (QED) is 0.357. The number of carbonyl (C=O) groups is 1. The van der Waals surface area contributed by atoms with Crippen molar-refractivity contribution in [2.75, 3.05) is 6.54 Å². The normalized spacial score (nSPS) is 21.3. The molecule has 10 heteroatoms. The molecule has 4 aromatic rings. The molecule has 3 N–H and O–H groups in total. The van der Waals surface area contributed by atoms with Gasteiger partial charge in [-0.3, -0.25) is 4.79 Å². The van der Waals surface area contributed by atoms with Crippen LogP contribution in [-0.4, -0.2) is 43.1 Å². The average Bonchev–Trinajstić information content (AvgIpc) is 3.48. The van der Waals surface area contributed by atoms with Crippen LogP contribution in [0, 0.1) is 0 Å². The number of hydrogen-bond acceptors (Lipinski definition) is 4. The summed E-state index contributed by atoms with van der Waals surface area (Å²) in [5.41, 5.74) is 9.68. The summed E-state index contributed by atoms with van der Waals surface area (Å²) in [6.45, 7) is 1.39. The standard InChI is InChI=1S/C27H29ClN6O.2ClH/c28-20-5-3-4-19(13-20)27(17-29)10-8-21(9-11-27)33-15-25-32-31-24(34(25)16-26(33)35)12-18-14-30-23-7-2-1-6-22(18)23;;/h1-7,13-14,21,30H,8-12,15-17,29H2;2*1H/t21-,27-;;. The minimum absolute atomic E-state index is 0. The van der Waals surface area contributed by atoms with Crippen LogP contribution in [0.5, 0.6) is 0 Å². The Hall–Kier alpha value is -2.58. The first-order valence-corrected chi connectivity index (χ1v) is 12.7. The Morgan fingerprint density at radius 2 is 1.84 bits per heavy atom. The predicted molar refractivity (Wildman–Crippen MR) is 151 cm³/mol. The van der Waals surface area contributed by atoms with Crippen molar-refractivity contribution in [3.8, 4) is 0 Å². The van der Waals surface area contributed by atoms with E-state index in [1.165, 1.54) is 10.9 Å². The topological polar surface area (TPSA) is 92.8 Å². The Balaban J connectivity index is 0.00000160. The fourth-order valence-electron chi connectivity index (χ4n) is 5.95. The number of benzene rings is 2. The third kappa shape index (κ3) is 4.98. The van der Waals surface area contributed by atoms with Crippen molar-refractivity contribution in [2.24, 2.45) is 5.73 Å². The third-order valence-electron chi connectivity index (χ3n) is 8.03. The summed E-state index contributed by atoms with van der Waals surface area (Å²) < 4.78 is 2.00. The van der Waals surface area contributed by atoms with E-state index in [9.17, 15) is 4.79 Å². The molecule has 0 radical (unpaired) electrons. The number of hydrogen-bond donors (Lipinski definition) is 2. The van der Waals surface area contributed by atoms with Crippen molar-refractivity contribution >= 4 is 53.2 Å². The fraction of sp³-hybridized carbons (Fsp3) is 0.370. The van der Waals surface area contributed by atoms with E-state index in [0.717, 1.165) is 53.4 Å². The first-order chi connectivity index (χ1) is 17.1. The summed E-state index contributed by atoms with van der Waals surface area (Å²) in [5, 5.41) is 10.9. The van der Waals surface area contributed by atoms with E-state index in [1.54, 1.807) is 0 Å².